The fraction of sp³-hybridized carbons (Fsp3) is 0.423. The maximum absolute atomic E-state index is 12.8. The van der Waals surface area contributed by atoms with Gasteiger partial charge in [0.05, 0.1) is 11.0 Å². The summed E-state index contributed by atoms with van der Waals surface area (Å²) in [5.41, 5.74) is 3.74. The number of benzene rings is 2. The van der Waals surface area contributed by atoms with Crippen molar-refractivity contribution in [2.24, 2.45) is 5.92 Å². The van der Waals surface area contributed by atoms with Crippen molar-refractivity contribution in [2.45, 2.75) is 58.4 Å². The summed E-state index contributed by atoms with van der Waals surface area (Å²) in [6, 6.07) is 15.7. The molecule has 2 aromatic carbocycles. The summed E-state index contributed by atoms with van der Waals surface area (Å²) in [5.74, 6) is 1.16. The zero-order valence-electron chi connectivity index (χ0n) is 18.8. The second kappa shape index (κ2) is 10.4. The van der Waals surface area contributed by atoms with E-state index in [2.05, 4.69) is 10.6 Å². The number of nitrogens with one attached hydrogen (secondary N) is 2. The molecule has 0 saturated heterocycles. The molecule has 6 heteroatoms. The lowest BCUT2D eigenvalue weighted by Crippen LogP contribution is -2.32. The van der Waals surface area contributed by atoms with Gasteiger partial charge in [0.1, 0.15) is 12.4 Å². The Morgan fingerprint density at radius 2 is 1.88 bits per heavy atom. The molecule has 1 aliphatic carbocycles. The lowest BCUT2D eigenvalue weighted by Gasteiger charge is -2.20. The van der Waals surface area contributed by atoms with Crippen molar-refractivity contribution in [3.63, 3.8) is 0 Å². The molecule has 168 valence electrons. The van der Waals surface area contributed by atoms with Gasteiger partial charge in [0, 0.05) is 24.6 Å². The molecular weight excluding hydrogens is 400 g/mol. The fourth-order valence-corrected chi connectivity index (χ4v) is 4.53. The van der Waals surface area contributed by atoms with Gasteiger partial charge in [0.25, 0.3) is 0 Å². The van der Waals surface area contributed by atoms with E-state index in [9.17, 15) is 9.59 Å². The van der Waals surface area contributed by atoms with Crippen LogP contribution in [0.5, 0.6) is 0 Å². The number of nitrogens with zero attached hydrogens (tertiary/aromatic N) is 2. The Balaban J connectivity index is 1.38. The number of aromatic nitrogens is 2. The predicted octanol–water partition coefficient (Wildman–Crippen LogP) is 4.61. The summed E-state index contributed by atoms with van der Waals surface area (Å²) in [6.45, 7) is 2.84. The van der Waals surface area contributed by atoms with Gasteiger partial charge in [-0.1, -0.05) is 43.5 Å². The third-order valence-corrected chi connectivity index (χ3v) is 6.19. The van der Waals surface area contributed by atoms with Crippen LogP contribution in [0.4, 0.5) is 5.69 Å². The minimum atomic E-state index is -0.0781. The number of amides is 2. The minimum absolute atomic E-state index is 0.0781. The monoisotopic (exact) mass is 432 g/mol. The zero-order chi connectivity index (χ0) is 22.3. The number of aryl methyl sites for hydroxylation is 2. The molecule has 0 atom stereocenters. The van der Waals surface area contributed by atoms with E-state index in [4.69, 9.17) is 4.98 Å². The predicted molar refractivity (Wildman–Crippen MR) is 127 cm³/mol. The summed E-state index contributed by atoms with van der Waals surface area (Å²) in [7, 11) is 0. The highest BCUT2D eigenvalue weighted by Gasteiger charge is 2.20. The number of hydrogen-bond donors (Lipinski definition) is 2. The Labute approximate surface area is 189 Å². The van der Waals surface area contributed by atoms with Crippen LogP contribution in [-0.2, 0) is 22.6 Å². The molecule has 1 saturated carbocycles. The Morgan fingerprint density at radius 1 is 1.06 bits per heavy atom. The topological polar surface area (TPSA) is 76.0 Å². The van der Waals surface area contributed by atoms with Crippen molar-refractivity contribution < 1.29 is 9.59 Å². The molecule has 0 aliphatic heterocycles. The number of anilines is 1. The largest absolute Gasteiger partial charge is 0.356 e. The van der Waals surface area contributed by atoms with Crippen LogP contribution >= 0.6 is 0 Å². The number of para-hydroxylation sites is 2. The van der Waals surface area contributed by atoms with Crippen molar-refractivity contribution in [1.29, 1.82) is 0 Å². The van der Waals surface area contributed by atoms with Gasteiger partial charge in [0.15, 0.2) is 0 Å². The molecule has 0 spiro atoms. The summed E-state index contributed by atoms with van der Waals surface area (Å²) in [6.07, 6.45) is 7.09. The highest BCUT2D eigenvalue weighted by molar-refractivity contribution is 5.91. The van der Waals surface area contributed by atoms with Crippen LogP contribution in [0.25, 0.3) is 11.0 Å². The van der Waals surface area contributed by atoms with Gasteiger partial charge in [-0.3, -0.25) is 9.59 Å². The van der Waals surface area contributed by atoms with Crippen molar-refractivity contribution in [1.82, 2.24) is 14.9 Å². The van der Waals surface area contributed by atoms with Crippen LogP contribution in [0.2, 0.25) is 0 Å². The van der Waals surface area contributed by atoms with Crippen molar-refractivity contribution in [3.8, 4) is 0 Å². The Bertz CT molecular complexity index is 1080. The Kier molecular flexibility index (Phi) is 7.20. The second-order valence-electron chi connectivity index (χ2n) is 8.75. The summed E-state index contributed by atoms with van der Waals surface area (Å²) in [4.78, 5) is 29.9. The molecule has 2 amide bonds. The number of imidazole rings is 1. The summed E-state index contributed by atoms with van der Waals surface area (Å²) >= 11 is 0. The molecule has 1 heterocycles. The average Bonchev–Trinajstić information content (AvgIpc) is 3.14. The molecule has 0 bridgehead atoms. The van der Waals surface area contributed by atoms with Gasteiger partial charge >= 0.3 is 0 Å². The van der Waals surface area contributed by atoms with E-state index in [0.717, 1.165) is 60.2 Å². The van der Waals surface area contributed by atoms with E-state index >= 15 is 0 Å². The van der Waals surface area contributed by atoms with Gasteiger partial charge in [-0.05, 0) is 56.0 Å². The Hall–Kier alpha value is -3.15. The lowest BCUT2D eigenvalue weighted by atomic mass is 9.89. The number of hydrogen-bond acceptors (Lipinski definition) is 3. The van der Waals surface area contributed by atoms with Gasteiger partial charge in [-0.2, -0.15) is 0 Å². The van der Waals surface area contributed by atoms with E-state index in [1.54, 1.807) is 0 Å². The van der Waals surface area contributed by atoms with Crippen molar-refractivity contribution in [3.05, 3.63) is 59.9 Å². The molecule has 4 rings (SSSR count). The number of rotatable bonds is 8. The molecular formula is C26H32N4O2. The normalized spacial score (nSPS) is 14.4. The molecule has 1 aromatic heterocycles. The molecule has 32 heavy (non-hydrogen) atoms. The van der Waals surface area contributed by atoms with E-state index < -0.39 is 0 Å². The number of carbonyl (C=O) groups excluding carboxylic acids is 2. The molecule has 0 radical (unpaired) electrons. The second-order valence-corrected chi connectivity index (χ2v) is 8.75. The first-order valence-electron chi connectivity index (χ1n) is 11.7. The smallest absolute Gasteiger partial charge is 0.244 e. The highest BCUT2D eigenvalue weighted by Crippen LogP contribution is 2.23. The first-order valence-corrected chi connectivity index (χ1v) is 11.7. The SMILES string of the molecule is Cc1cccc(NC(=O)Cn2c(CCCNC(=O)C3CCCCC3)nc3ccccc32)c1. The van der Waals surface area contributed by atoms with Crippen LogP contribution in [0.1, 0.15) is 49.9 Å². The van der Waals surface area contributed by atoms with Crippen LogP contribution in [0.15, 0.2) is 48.5 Å². The first-order chi connectivity index (χ1) is 15.6. The van der Waals surface area contributed by atoms with Crippen LogP contribution in [0, 0.1) is 12.8 Å². The van der Waals surface area contributed by atoms with Crippen LogP contribution < -0.4 is 10.6 Å². The van der Waals surface area contributed by atoms with E-state index in [-0.39, 0.29) is 24.3 Å². The number of carbonyl (C=O) groups is 2. The Morgan fingerprint density at radius 3 is 2.69 bits per heavy atom. The van der Waals surface area contributed by atoms with Crippen LogP contribution in [-0.4, -0.2) is 27.9 Å². The minimum Gasteiger partial charge on any atom is -0.356 e. The van der Waals surface area contributed by atoms with Gasteiger partial charge < -0.3 is 15.2 Å². The molecule has 6 nitrogen and oxygen atoms in total. The van der Waals surface area contributed by atoms with Gasteiger partial charge in [0.2, 0.25) is 11.8 Å². The molecule has 0 unspecified atom stereocenters. The maximum atomic E-state index is 12.8. The summed E-state index contributed by atoms with van der Waals surface area (Å²) < 4.78 is 1.99. The quantitative estimate of drug-likeness (QED) is 0.510. The van der Waals surface area contributed by atoms with Crippen molar-refractivity contribution >= 4 is 28.5 Å². The third kappa shape index (κ3) is 5.55. The average molecular weight is 433 g/mol. The number of fused-ring (bicyclic) bond motifs is 1. The van der Waals surface area contributed by atoms with E-state index in [1.165, 1.54) is 6.42 Å². The molecule has 1 aliphatic rings. The van der Waals surface area contributed by atoms with E-state index in [0.29, 0.717) is 13.0 Å². The standard InChI is InChI=1S/C26H32N4O2/c1-19-9-7-12-21(17-19)28-25(31)18-30-23-14-6-5-13-22(23)29-24(30)15-8-16-27-26(32)20-10-3-2-4-11-20/h5-7,9,12-14,17,20H,2-4,8,10-11,15-16,18H2,1H3,(H,27,32)(H,28,31). The molecule has 2 N–H and O–H groups in total. The van der Waals surface area contributed by atoms with Crippen molar-refractivity contribution in [2.75, 3.05) is 11.9 Å². The third-order valence-electron chi connectivity index (χ3n) is 6.19. The first kappa shape index (κ1) is 22.1. The van der Waals surface area contributed by atoms with Gasteiger partial charge in [-0.15, -0.1) is 0 Å². The van der Waals surface area contributed by atoms with Crippen LogP contribution in [0.3, 0.4) is 0 Å². The molecule has 3 aromatic rings. The zero-order valence-corrected chi connectivity index (χ0v) is 18.8. The van der Waals surface area contributed by atoms with E-state index in [1.807, 2.05) is 60.0 Å². The fourth-order valence-electron chi connectivity index (χ4n) is 4.53. The molecule has 1 fully saturated rings. The van der Waals surface area contributed by atoms with Gasteiger partial charge in [-0.25, -0.2) is 4.98 Å². The highest BCUT2D eigenvalue weighted by atomic mass is 16.2. The summed E-state index contributed by atoms with van der Waals surface area (Å²) in [5, 5.41) is 6.09. The maximum Gasteiger partial charge on any atom is 0.244 e. The lowest BCUT2D eigenvalue weighted by molar-refractivity contribution is -0.125.